The number of carbonyl (C=O) groups is 2. The van der Waals surface area contributed by atoms with Crippen molar-refractivity contribution in [2.75, 3.05) is 6.61 Å². The Hall–Kier alpha value is -1.80. The summed E-state index contributed by atoms with van der Waals surface area (Å²) in [5.74, 6) is -3.43. The van der Waals surface area contributed by atoms with Crippen LogP contribution in [-0.4, -0.2) is 56.3 Å². The van der Waals surface area contributed by atoms with E-state index >= 15 is 0 Å². The fraction of sp³-hybridized carbons (Fsp3) is 0.818. The summed E-state index contributed by atoms with van der Waals surface area (Å²) >= 11 is 0. The largest absolute Gasteiger partial charge is 0.505 e. The molecule has 1 rings (SSSR count). The molecule has 0 amide bonds. The summed E-state index contributed by atoms with van der Waals surface area (Å²) in [4.78, 5) is 20.8. The maximum absolute atomic E-state index is 10.5. The van der Waals surface area contributed by atoms with E-state index in [-0.39, 0.29) is 0 Å². The van der Waals surface area contributed by atoms with Crippen molar-refractivity contribution < 1.29 is 39.9 Å². The summed E-state index contributed by atoms with van der Waals surface area (Å²) < 4.78 is 4.32. The Morgan fingerprint density at radius 3 is 1.67 bits per heavy atom. The van der Waals surface area contributed by atoms with Crippen LogP contribution in [0.2, 0.25) is 0 Å². The smallest absolute Gasteiger partial charge is 0.377 e. The van der Waals surface area contributed by atoms with Crippen LogP contribution in [-0.2, 0) is 14.3 Å². The third kappa shape index (κ3) is 13.4. The number of esters is 1. The number of aliphatic hydroxyl groups is 4. The molecular weight excluding hydrogens is 392 g/mol. The van der Waals surface area contributed by atoms with E-state index < -0.39 is 42.3 Å². The number of rotatable bonds is 16. The summed E-state index contributed by atoms with van der Waals surface area (Å²) in [5, 5.41) is 43.5. The lowest BCUT2D eigenvalue weighted by Crippen LogP contribution is -2.31. The van der Waals surface area contributed by atoms with Gasteiger partial charge in [-0.2, -0.15) is 0 Å². The average Bonchev–Trinajstić information content (AvgIpc) is 2.98. The molecule has 1 aliphatic heterocycles. The Bertz CT molecular complexity index is 503. The zero-order chi connectivity index (χ0) is 22.8. The van der Waals surface area contributed by atoms with E-state index in [1.807, 2.05) is 0 Å². The van der Waals surface area contributed by atoms with Gasteiger partial charge in [-0.3, -0.25) is 4.79 Å². The number of carboxylic acids is 1. The molecule has 176 valence electrons. The monoisotopic (exact) mass is 432 g/mol. The summed E-state index contributed by atoms with van der Waals surface area (Å²) in [5.41, 5.74) is 0. The number of hydrogen-bond acceptors (Lipinski definition) is 7. The molecule has 0 spiro atoms. The molecule has 8 nitrogen and oxygen atoms in total. The first kappa shape index (κ1) is 28.2. The van der Waals surface area contributed by atoms with Crippen molar-refractivity contribution in [1.82, 2.24) is 0 Å². The second-order valence-electron chi connectivity index (χ2n) is 7.70. The number of carbonyl (C=O) groups excluding carboxylic acids is 1. The third-order valence-electron chi connectivity index (χ3n) is 4.97. The number of ether oxygens (including phenoxy) is 1. The molecule has 5 N–H and O–H groups in total. The quantitative estimate of drug-likeness (QED) is 0.181. The van der Waals surface area contributed by atoms with E-state index in [4.69, 9.17) is 25.5 Å². The molecule has 0 fully saturated rings. The van der Waals surface area contributed by atoms with Gasteiger partial charge in [-0.15, -0.1) is 0 Å². The van der Waals surface area contributed by atoms with Gasteiger partial charge in [0, 0.05) is 6.42 Å². The first-order valence-corrected chi connectivity index (χ1v) is 11.2. The van der Waals surface area contributed by atoms with E-state index in [0.29, 0.717) is 6.42 Å². The van der Waals surface area contributed by atoms with E-state index in [0.717, 1.165) is 12.8 Å². The van der Waals surface area contributed by atoms with Gasteiger partial charge in [-0.25, -0.2) is 4.79 Å². The third-order valence-corrected chi connectivity index (χ3v) is 4.97. The Balaban J connectivity index is 0.000000604. The van der Waals surface area contributed by atoms with Gasteiger partial charge in [0.25, 0.3) is 0 Å². The predicted molar refractivity (Wildman–Crippen MR) is 113 cm³/mol. The molecule has 30 heavy (non-hydrogen) atoms. The molecule has 1 heterocycles. The molecule has 0 aromatic heterocycles. The highest BCUT2D eigenvalue weighted by molar-refractivity contribution is 5.89. The number of aliphatic hydroxyl groups excluding tert-OH is 4. The number of carboxylic acid groups (broad SMARTS) is 1. The van der Waals surface area contributed by atoms with Crippen LogP contribution in [0.25, 0.3) is 0 Å². The van der Waals surface area contributed by atoms with Crippen LogP contribution in [0.4, 0.5) is 0 Å². The van der Waals surface area contributed by atoms with Crippen molar-refractivity contribution in [2.45, 2.75) is 109 Å². The topological polar surface area (TPSA) is 145 Å². The van der Waals surface area contributed by atoms with Crippen LogP contribution in [0.3, 0.4) is 0 Å². The Labute approximate surface area is 179 Å². The number of hydrogen-bond donors (Lipinski definition) is 5. The molecule has 1 unspecified atom stereocenters. The average molecular weight is 433 g/mol. The lowest BCUT2D eigenvalue weighted by atomic mass is 10.0. The lowest BCUT2D eigenvalue weighted by Gasteiger charge is -2.13. The second-order valence-corrected chi connectivity index (χ2v) is 7.70. The van der Waals surface area contributed by atoms with Gasteiger partial charge in [0.2, 0.25) is 5.76 Å². The molecule has 0 aliphatic carbocycles. The zero-order valence-electron chi connectivity index (χ0n) is 18.2. The molecular formula is C22H40O8. The van der Waals surface area contributed by atoms with E-state index in [1.165, 1.54) is 70.6 Å². The number of aliphatic carboxylic acids is 1. The van der Waals surface area contributed by atoms with Crippen LogP contribution in [0.1, 0.15) is 96.8 Å². The molecule has 0 radical (unpaired) electrons. The van der Waals surface area contributed by atoms with Gasteiger partial charge in [-0.05, 0) is 6.42 Å². The fourth-order valence-electron chi connectivity index (χ4n) is 3.12. The second kappa shape index (κ2) is 18.0. The maximum atomic E-state index is 10.5. The molecule has 0 bridgehead atoms. The maximum Gasteiger partial charge on any atom is 0.377 e. The fourth-order valence-corrected chi connectivity index (χ4v) is 3.12. The van der Waals surface area contributed by atoms with Gasteiger partial charge < -0.3 is 30.3 Å². The molecule has 0 saturated heterocycles. The summed E-state index contributed by atoms with van der Waals surface area (Å²) in [6.45, 7) is 1.59. The highest BCUT2D eigenvalue weighted by Crippen LogP contribution is 2.20. The van der Waals surface area contributed by atoms with Gasteiger partial charge in [0.15, 0.2) is 11.9 Å². The summed E-state index contributed by atoms with van der Waals surface area (Å²) in [6, 6.07) is 0. The van der Waals surface area contributed by atoms with E-state index in [1.54, 1.807) is 0 Å². The lowest BCUT2D eigenvalue weighted by molar-refractivity contribution is -0.147. The Morgan fingerprint density at radius 2 is 1.33 bits per heavy atom. The molecule has 0 saturated carbocycles. The van der Waals surface area contributed by atoms with Gasteiger partial charge in [0.1, 0.15) is 6.10 Å². The van der Waals surface area contributed by atoms with Crippen LogP contribution in [0.5, 0.6) is 0 Å². The van der Waals surface area contributed by atoms with Crippen molar-refractivity contribution in [3.63, 3.8) is 0 Å². The number of unbranched alkanes of at least 4 members (excludes halogenated alkanes) is 12. The summed E-state index contributed by atoms with van der Waals surface area (Å²) in [6.07, 6.45) is 14.5. The van der Waals surface area contributed by atoms with Crippen molar-refractivity contribution in [3.8, 4) is 0 Å². The van der Waals surface area contributed by atoms with Crippen molar-refractivity contribution in [2.24, 2.45) is 0 Å². The van der Waals surface area contributed by atoms with Crippen LogP contribution in [0, 0.1) is 0 Å². The SMILES string of the molecule is CCCCCCCCCCCCCCCC(=O)O.O=C1O[C@H](C(O)CO)C(O)=C1O. The highest BCUT2D eigenvalue weighted by atomic mass is 16.6. The predicted octanol–water partition coefficient (Wildman–Crippen LogP) is 4.14. The Morgan fingerprint density at radius 1 is 0.900 bits per heavy atom. The first-order chi connectivity index (χ1) is 14.3. The standard InChI is InChI=1S/C16H32O2.C6H8O6/c1-2-3-4-5-6-7-8-9-10-11-12-13-14-15-16(17)18;7-1-2(8)5-3(9)4(10)6(11)12-5/h2-15H2,1H3,(H,17,18);2,5,7-10H,1H2/t;2?,5-/m.1/s1. The molecule has 1 aliphatic rings. The van der Waals surface area contributed by atoms with E-state index in [2.05, 4.69) is 11.7 Å². The Kier molecular flexibility index (Phi) is 16.9. The van der Waals surface area contributed by atoms with Crippen LogP contribution in [0.15, 0.2) is 11.5 Å². The van der Waals surface area contributed by atoms with E-state index in [9.17, 15) is 9.59 Å². The first-order valence-electron chi connectivity index (χ1n) is 11.2. The zero-order valence-corrected chi connectivity index (χ0v) is 18.2. The molecule has 2 atom stereocenters. The molecule has 8 heteroatoms. The van der Waals surface area contributed by atoms with Gasteiger partial charge in [0.05, 0.1) is 6.61 Å². The van der Waals surface area contributed by atoms with Crippen LogP contribution >= 0.6 is 0 Å². The summed E-state index contributed by atoms with van der Waals surface area (Å²) in [7, 11) is 0. The van der Waals surface area contributed by atoms with Gasteiger partial charge >= 0.3 is 11.9 Å². The minimum Gasteiger partial charge on any atom is -0.505 e. The van der Waals surface area contributed by atoms with Crippen molar-refractivity contribution in [3.05, 3.63) is 11.5 Å². The minimum atomic E-state index is -1.42. The van der Waals surface area contributed by atoms with Crippen molar-refractivity contribution in [1.29, 1.82) is 0 Å². The highest BCUT2D eigenvalue weighted by Gasteiger charge is 2.38. The minimum absolute atomic E-state index is 0.345. The van der Waals surface area contributed by atoms with Crippen LogP contribution < -0.4 is 0 Å². The number of cyclic esters (lactones) is 1. The normalized spacial score (nSPS) is 16.8. The molecule has 0 aromatic rings. The van der Waals surface area contributed by atoms with Gasteiger partial charge in [-0.1, -0.05) is 84.0 Å². The van der Waals surface area contributed by atoms with Crippen molar-refractivity contribution >= 4 is 11.9 Å². The molecule has 0 aromatic carbocycles.